The first kappa shape index (κ1) is 14.8. The molecule has 0 saturated heterocycles. The molecule has 0 amide bonds. The lowest BCUT2D eigenvalue weighted by atomic mass is 10.1. The van der Waals surface area contributed by atoms with E-state index in [2.05, 4.69) is 9.97 Å². The number of nitrogens with zero attached hydrogens (tertiary/aromatic N) is 2. The lowest BCUT2D eigenvalue weighted by Gasteiger charge is -2.13. The van der Waals surface area contributed by atoms with Crippen LogP contribution in [0.4, 0.5) is 0 Å². The highest BCUT2D eigenvalue weighted by Crippen LogP contribution is 2.25. The number of carboxylic acids is 1. The smallest absolute Gasteiger partial charge is 0.358 e. The van der Waals surface area contributed by atoms with Gasteiger partial charge in [-0.2, -0.15) is 0 Å². The molecule has 0 bridgehead atoms. The van der Waals surface area contributed by atoms with Gasteiger partial charge in [0.05, 0.1) is 12.8 Å². The minimum atomic E-state index is -1.13. The first-order chi connectivity index (χ1) is 10.0. The summed E-state index contributed by atoms with van der Waals surface area (Å²) in [6, 6.07) is 3.19. The molecular weight excluding hydrogens is 272 g/mol. The Balaban J connectivity index is 2.23. The molecule has 0 saturated carbocycles. The van der Waals surface area contributed by atoms with Crippen LogP contribution in [0.2, 0.25) is 0 Å². The van der Waals surface area contributed by atoms with Crippen molar-refractivity contribution >= 4 is 5.97 Å². The quantitative estimate of drug-likeness (QED) is 0.909. The molecule has 0 aliphatic rings. The summed E-state index contributed by atoms with van der Waals surface area (Å²) in [5.74, 6) is -0.157. The second-order valence-corrected chi connectivity index (χ2v) is 4.49. The van der Waals surface area contributed by atoms with E-state index in [1.54, 1.807) is 25.4 Å². The van der Waals surface area contributed by atoms with Crippen LogP contribution in [0.3, 0.4) is 0 Å². The molecule has 6 nitrogen and oxygen atoms in total. The van der Waals surface area contributed by atoms with Crippen LogP contribution < -0.4 is 9.47 Å². The molecule has 0 spiro atoms. The van der Waals surface area contributed by atoms with E-state index in [4.69, 9.17) is 14.6 Å². The number of methoxy groups -OCH3 is 1. The van der Waals surface area contributed by atoms with Gasteiger partial charge in [-0.05, 0) is 26.0 Å². The monoisotopic (exact) mass is 288 g/mol. The van der Waals surface area contributed by atoms with E-state index in [9.17, 15) is 4.79 Å². The van der Waals surface area contributed by atoms with Crippen LogP contribution in [0.15, 0.2) is 24.5 Å². The Kier molecular flexibility index (Phi) is 4.37. The molecule has 2 heterocycles. The number of aromatic nitrogens is 2. The third-order valence-electron chi connectivity index (χ3n) is 3.09. The van der Waals surface area contributed by atoms with E-state index < -0.39 is 5.97 Å². The number of carbonyl (C=O) groups is 1. The molecular formula is C15H16N2O4. The van der Waals surface area contributed by atoms with Crippen molar-refractivity contribution in [3.05, 3.63) is 47.0 Å². The van der Waals surface area contributed by atoms with Gasteiger partial charge in [0.25, 0.3) is 0 Å². The van der Waals surface area contributed by atoms with E-state index in [1.165, 1.54) is 6.20 Å². The van der Waals surface area contributed by atoms with Crippen molar-refractivity contribution in [1.29, 1.82) is 0 Å². The van der Waals surface area contributed by atoms with Crippen molar-refractivity contribution in [2.75, 3.05) is 7.11 Å². The number of ether oxygens (including phenoxy) is 2. The van der Waals surface area contributed by atoms with Crippen molar-refractivity contribution in [1.82, 2.24) is 9.97 Å². The van der Waals surface area contributed by atoms with E-state index in [0.29, 0.717) is 5.69 Å². The van der Waals surface area contributed by atoms with Gasteiger partial charge in [0, 0.05) is 23.5 Å². The number of pyridine rings is 2. The fourth-order valence-electron chi connectivity index (χ4n) is 2.03. The molecule has 0 unspecified atom stereocenters. The second kappa shape index (κ2) is 6.21. The molecule has 21 heavy (non-hydrogen) atoms. The van der Waals surface area contributed by atoms with E-state index in [0.717, 1.165) is 16.9 Å². The highest BCUT2D eigenvalue weighted by Gasteiger charge is 2.14. The zero-order chi connectivity index (χ0) is 15.4. The number of hydrogen-bond acceptors (Lipinski definition) is 5. The first-order valence-corrected chi connectivity index (χ1v) is 6.34. The number of hydrogen-bond donors (Lipinski definition) is 1. The van der Waals surface area contributed by atoms with Gasteiger partial charge >= 0.3 is 5.97 Å². The second-order valence-electron chi connectivity index (χ2n) is 4.49. The molecule has 0 aliphatic carbocycles. The Hall–Kier alpha value is -2.63. The fraction of sp³-hybridized carbons (Fsp3) is 0.267. The Bertz CT molecular complexity index is 671. The zero-order valence-electron chi connectivity index (χ0n) is 12.1. The number of rotatable bonds is 5. The maximum absolute atomic E-state index is 11.1. The zero-order valence-corrected chi connectivity index (χ0v) is 12.1. The summed E-state index contributed by atoms with van der Waals surface area (Å²) >= 11 is 0. The lowest BCUT2D eigenvalue weighted by molar-refractivity contribution is 0.0684. The van der Waals surface area contributed by atoms with Crippen LogP contribution in [0.1, 0.15) is 27.3 Å². The van der Waals surface area contributed by atoms with Gasteiger partial charge in [-0.3, -0.25) is 4.98 Å². The molecule has 0 atom stereocenters. The van der Waals surface area contributed by atoms with Gasteiger partial charge in [0.15, 0.2) is 11.4 Å². The van der Waals surface area contributed by atoms with E-state index >= 15 is 0 Å². The van der Waals surface area contributed by atoms with Gasteiger partial charge in [0.1, 0.15) is 12.4 Å². The van der Waals surface area contributed by atoms with Crippen LogP contribution in [0.5, 0.6) is 11.5 Å². The van der Waals surface area contributed by atoms with Crippen LogP contribution in [0, 0.1) is 13.8 Å². The van der Waals surface area contributed by atoms with Crippen LogP contribution in [-0.4, -0.2) is 28.2 Å². The molecule has 110 valence electrons. The van der Waals surface area contributed by atoms with Gasteiger partial charge in [0.2, 0.25) is 0 Å². The highest BCUT2D eigenvalue weighted by molar-refractivity contribution is 5.88. The SMILES string of the molecule is COc1c(C)cnc(COc2cccnc2C(=O)O)c1C. The van der Waals surface area contributed by atoms with Crippen molar-refractivity contribution in [3.8, 4) is 11.5 Å². The van der Waals surface area contributed by atoms with Gasteiger partial charge in [-0.1, -0.05) is 0 Å². The number of aryl methyl sites for hydroxylation is 1. The summed E-state index contributed by atoms with van der Waals surface area (Å²) in [6.07, 6.45) is 3.11. The topological polar surface area (TPSA) is 81.5 Å². The Labute approximate surface area is 122 Å². The molecule has 2 rings (SSSR count). The molecule has 2 aromatic rings. The summed E-state index contributed by atoms with van der Waals surface area (Å²) in [7, 11) is 1.60. The summed E-state index contributed by atoms with van der Waals surface area (Å²) < 4.78 is 10.9. The van der Waals surface area contributed by atoms with Gasteiger partial charge in [-0.15, -0.1) is 0 Å². The normalized spacial score (nSPS) is 10.2. The van der Waals surface area contributed by atoms with Crippen LogP contribution >= 0.6 is 0 Å². The summed E-state index contributed by atoms with van der Waals surface area (Å²) in [6.45, 7) is 3.94. The maximum Gasteiger partial charge on any atom is 0.358 e. The molecule has 0 aromatic carbocycles. The predicted octanol–water partition coefficient (Wildman–Crippen LogP) is 2.38. The Morgan fingerprint density at radius 3 is 2.76 bits per heavy atom. The average Bonchev–Trinajstić information content (AvgIpc) is 2.47. The van der Waals surface area contributed by atoms with Crippen molar-refractivity contribution < 1.29 is 19.4 Å². The lowest BCUT2D eigenvalue weighted by Crippen LogP contribution is -2.08. The van der Waals surface area contributed by atoms with Crippen molar-refractivity contribution in [2.24, 2.45) is 0 Å². The van der Waals surface area contributed by atoms with E-state index in [1.807, 2.05) is 13.8 Å². The summed E-state index contributed by atoms with van der Waals surface area (Å²) in [5, 5.41) is 9.06. The van der Waals surface area contributed by atoms with Gasteiger partial charge < -0.3 is 14.6 Å². The molecule has 0 fully saturated rings. The van der Waals surface area contributed by atoms with Crippen molar-refractivity contribution in [2.45, 2.75) is 20.5 Å². The number of aromatic carboxylic acids is 1. The maximum atomic E-state index is 11.1. The largest absolute Gasteiger partial charge is 0.496 e. The predicted molar refractivity (Wildman–Crippen MR) is 75.8 cm³/mol. The average molecular weight is 288 g/mol. The standard InChI is InChI=1S/C15H16N2O4/c1-9-7-17-11(10(2)14(9)20-3)8-21-12-5-4-6-16-13(12)15(18)19/h4-7H,8H2,1-3H3,(H,18,19). The minimum Gasteiger partial charge on any atom is -0.496 e. The summed E-state index contributed by atoms with van der Waals surface area (Å²) in [5.41, 5.74) is 2.39. The third kappa shape index (κ3) is 3.10. The minimum absolute atomic E-state index is 0.116. The van der Waals surface area contributed by atoms with E-state index in [-0.39, 0.29) is 18.1 Å². The third-order valence-corrected chi connectivity index (χ3v) is 3.09. The molecule has 6 heteroatoms. The van der Waals surface area contributed by atoms with Crippen molar-refractivity contribution in [3.63, 3.8) is 0 Å². The van der Waals surface area contributed by atoms with Gasteiger partial charge in [-0.25, -0.2) is 9.78 Å². The molecule has 2 aromatic heterocycles. The van der Waals surface area contributed by atoms with Crippen LogP contribution in [-0.2, 0) is 6.61 Å². The van der Waals surface area contributed by atoms with Crippen LogP contribution in [0.25, 0.3) is 0 Å². The summed E-state index contributed by atoms with van der Waals surface area (Å²) in [4.78, 5) is 19.2. The molecule has 0 aliphatic heterocycles. The number of carboxylic acid groups (broad SMARTS) is 1. The fourth-order valence-corrected chi connectivity index (χ4v) is 2.03. The first-order valence-electron chi connectivity index (χ1n) is 6.34. The Morgan fingerprint density at radius 1 is 1.33 bits per heavy atom. The molecule has 0 radical (unpaired) electrons. The Morgan fingerprint density at radius 2 is 2.10 bits per heavy atom. The highest BCUT2D eigenvalue weighted by atomic mass is 16.5. The molecule has 1 N–H and O–H groups in total.